The molecule has 1 aliphatic heterocycles. The molecular formula is C9H9N3O2. The maximum atomic E-state index is 11.3. The molecule has 5 nitrogen and oxygen atoms in total. The number of hydrogen-bond donors (Lipinski definition) is 2. The van der Waals surface area contributed by atoms with Crippen LogP contribution in [0.3, 0.4) is 0 Å². The van der Waals surface area contributed by atoms with E-state index in [2.05, 4.69) is 10.7 Å². The first kappa shape index (κ1) is 8.55. The summed E-state index contributed by atoms with van der Waals surface area (Å²) >= 11 is 0. The van der Waals surface area contributed by atoms with Gasteiger partial charge in [-0.05, 0) is 12.1 Å². The van der Waals surface area contributed by atoms with E-state index in [1.54, 1.807) is 24.3 Å². The minimum atomic E-state index is -0.323. The van der Waals surface area contributed by atoms with E-state index in [1.807, 2.05) is 6.07 Å². The van der Waals surface area contributed by atoms with Crippen LogP contribution in [0.25, 0.3) is 0 Å². The molecule has 1 aromatic carbocycles. The zero-order chi connectivity index (χ0) is 9.97. The molecule has 1 saturated heterocycles. The molecule has 0 unspecified atom stereocenters. The van der Waals surface area contributed by atoms with Crippen molar-refractivity contribution >= 4 is 17.6 Å². The second-order valence-corrected chi connectivity index (χ2v) is 2.86. The number of anilines is 1. The summed E-state index contributed by atoms with van der Waals surface area (Å²) in [6.07, 6.45) is 0. The Kier molecular flexibility index (Phi) is 2.06. The average molecular weight is 191 g/mol. The summed E-state index contributed by atoms with van der Waals surface area (Å²) in [4.78, 5) is 22.4. The third-order valence-electron chi connectivity index (χ3n) is 1.85. The van der Waals surface area contributed by atoms with Crippen molar-refractivity contribution in [1.29, 1.82) is 0 Å². The summed E-state index contributed by atoms with van der Waals surface area (Å²) in [7, 11) is 0. The maximum absolute atomic E-state index is 11.3. The average Bonchev–Trinajstić information content (AvgIpc) is 2.23. The van der Waals surface area contributed by atoms with Gasteiger partial charge in [-0.3, -0.25) is 10.2 Å². The van der Waals surface area contributed by atoms with Crippen molar-refractivity contribution in [3.05, 3.63) is 30.3 Å². The lowest BCUT2D eigenvalue weighted by molar-refractivity contribution is -0.120. The molecule has 0 spiro atoms. The largest absolute Gasteiger partial charge is 0.341 e. The van der Waals surface area contributed by atoms with Crippen LogP contribution < -0.4 is 15.8 Å². The summed E-state index contributed by atoms with van der Waals surface area (Å²) in [6, 6.07) is 8.59. The van der Waals surface area contributed by atoms with Gasteiger partial charge >= 0.3 is 6.03 Å². The molecule has 0 saturated carbocycles. The number of carbonyl (C=O) groups is 2. The minimum Gasteiger partial charge on any atom is -0.327 e. The smallest absolute Gasteiger partial charge is 0.327 e. The van der Waals surface area contributed by atoms with E-state index < -0.39 is 0 Å². The van der Waals surface area contributed by atoms with Crippen LogP contribution in [0.1, 0.15) is 0 Å². The van der Waals surface area contributed by atoms with Gasteiger partial charge in [0.2, 0.25) is 0 Å². The van der Waals surface area contributed by atoms with E-state index in [-0.39, 0.29) is 18.5 Å². The predicted octanol–water partition coefficient (Wildman–Crippen LogP) is 0.247. The summed E-state index contributed by atoms with van der Waals surface area (Å²) in [5, 5.41) is 3.64. The molecule has 1 fully saturated rings. The van der Waals surface area contributed by atoms with E-state index in [4.69, 9.17) is 0 Å². The fraction of sp³-hybridized carbons (Fsp3) is 0.111. The van der Waals surface area contributed by atoms with Crippen LogP contribution in [-0.4, -0.2) is 18.5 Å². The summed E-state index contributed by atoms with van der Waals surface area (Å²) in [5.74, 6) is -0.228. The van der Waals surface area contributed by atoms with Crippen molar-refractivity contribution in [2.75, 3.05) is 11.6 Å². The lowest BCUT2D eigenvalue weighted by atomic mass is 10.3. The second-order valence-electron chi connectivity index (χ2n) is 2.86. The first-order valence-corrected chi connectivity index (χ1v) is 4.20. The lowest BCUT2D eigenvalue weighted by Crippen LogP contribution is -2.59. The molecule has 2 N–H and O–H groups in total. The van der Waals surface area contributed by atoms with E-state index in [0.717, 1.165) is 0 Å². The van der Waals surface area contributed by atoms with Gasteiger partial charge in [0.1, 0.15) is 6.54 Å². The first-order chi connectivity index (χ1) is 6.77. The summed E-state index contributed by atoms with van der Waals surface area (Å²) in [6.45, 7) is 0.0299. The Morgan fingerprint density at radius 3 is 2.57 bits per heavy atom. The van der Waals surface area contributed by atoms with Gasteiger partial charge in [0.15, 0.2) is 0 Å². The summed E-state index contributed by atoms with van der Waals surface area (Å²) in [5.41, 5.74) is 3.10. The SMILES string of the molecule is O=C1CNC(=O)N(c2ccccc2)N1. The molecule has 72 valence electrons. The molecule has 0 radical (unpaired) electrons. The highest BCUT2D eigenvalue weighted by Gasteiger charge is 2.23. The Balaban J connectivity index is 2.24. The molecule has 1 heterocycles. The lowest BCUT2D eigenvalue weighted by Gasteiger charge is -2.27. The van der Waals surface area contributed by atoms with Gasteiger partial charge in [0, 0.05) is 0 Å². The van der Waals surface area contributed by atoms with Crippen LogP contribution in [0.15, 0.2) is 30.3 Å². The summed E-state index contributed by atoms with van der Waals surface area (Å²) < 4.78 is 0. The highest BCUT2D eigenvalue weighted by Crippen LogP contribution is 2.11. The van der Waals surface area contributed by atoms with Gasteiger partial charge in [-0.2, -0.15) is 0 Å². The molecule has 3 amide bonds. The van der Waals surface area contributed by atoms with E-state index in [0.29, 0.717) is 5.69 Å². The number of urea groups is 1. The highest BCUT2D eigenvalue weighted by atomic mass is 16.2. The van der Waals surface area contributed by atoms with E-state index >= 15 is 0 Å². The Hall–Kier alpha value is -2.04. The van der Waals surface area contributed by atoms with Crippen molar-refractivity contribution in [3.63, 3.8) is 0 Å². The van der Waals surface area contributed by atoms with Crippen molar-refractivity contribution in [2.45, 2.75) is 0 Å². The topological polar surface area (TPSA) is 61.4 Å². The number of carbonyl (C=O) groups excluding carboxylic acids is 2. The van der Waals surface area contributed by atoms with Crippen molar-refractivity contribution < 1.29 is 9.59 Å². The third-order valence-corrected chi connectivity index (χ3v) is 1.85. The van der Waals surface area contributed by atoms with Crippen LogP contribution in [0.2, 0.25) is 0 Å². The number of nitrogens with zero attached hydrogens (tertiary/aromatic N) is 1. The van der Waals surface area contributed by atoms with Crippen molar-refractivity contribution in [2.24, 2.45) is 0 Å². The fourth-order valence-corrected chi connectivity index (χ4v) is 1.21. The zero-order valence-electron chi connectivity index (χ0n) is 7.36. The number of para-hydroxylation sites is 1. The van der Waals surface area contributed by atoms with E-state index in [1.165, 1.54) is 5.01 Å². The van der Waals surface area contributed by atoms with Crippen molar-refractivity contribution in [3.8, 4) is 0 Å². The molecule has 0 aliphatic carbocycles. The van der Waals surface area contributed by atoms with Crippen LogP contribution in [0.4, 0.5) is 10.5 Å². The third kappa shape index (κ3) is 1.52. The predicted molar refractivity (Wildman–Crippen MR) is 50.5 cm³/mol. The fourth-order valence-electron chi connectivity index (χ4n) is 1.21. The Morgan fingerprint density at radius 1 is 1.14 bits per heavy atom. The number of amides is 3. The maximum Gasteiger partial charge on any atom is 0.341 e. The minimum absolute atomic E-state index is 0.0299. The quantitative estimate of drug-likeness (QED) is 0.668. The van der Waals surface area contributed by atoms with Crippen LogP contribution in [0, 0.1) is 0 Å². The number of nitrogens with one attached hydrogen (secondary N) is 2. The van der Waals surface area contributed by atoms with Gasteiger partial charge in [-0.25, -0.2) is 9.80 Å². The monoisotopic (exact) mass is 191 g/mol. The van der Waals surface area contributed by atoms with Gasteiger partial charge in [-0.15, -0.1) is 0 Å². The Bertz CT molecular complexity index is 364. The molecular weight excluding hydrogens is 182 g/mol. The van der Waals surface area contributed by atoms with Gasteiger partial charge < -0.3 is 5.32 Å². The van der Waals surface area contributed by atoms with Crippen LogP contribution >= 0.6 is 0 Å². The van der Waals surface area contributed by atoms with E-state index in [9.17, 15) is 9.59 Å². The molecule has 0 bridgehead atoms. The Morgan fingerprint density at radius 2 is 1.86 bits per heavy atom. The molecule has 2 rings (SSSR count). The molecule has 1 aromatic rings. The molecule has 0 aromatic heterocycles. The van der Waals surface area contributed by atoms with Crippen molar-refractivity contribution in [1.82, 2.24) is 10.7 Å². The van der Waals surface area contributed by atoms with Gasteiger partial charge in [0.05, 0.1) is 5.69 Å². The van der Waals surface area contributed by atoms with Gasteiger partial charge in [-0.1, -0.05) is 18.2 Å². The number of rotatable bonds is 1. The number of benzene rings is 1. The number of hydrazine groups is 1. The van der Waals surface area contributed by atoms with Gasteiger partial charge in [0.25, 0.3) is 5.91 Å². The highest BCUT2D eigenvalue weighted by molar-refractivity contribution is 6.00. The normalized spacial score (nSPS) is 16.1. The van der Waals surface area contributed by atoms with Crippen LogP contribution in [-0.2, 0) is 4.79 Å². The second kappa shape index (κ2) is 3.37. The number of hydrogen-bond acceptors (Lipinski definition) is 2. The molecule has 5 heteroatoms. The molecule has 1 aliphatic rings. The zero-order valence-corrected chi connectivity index (χ0v) is 7.36. The molecule has 14 heavy (non-hydrogen) atoms. The standard InChI is InChI=1S/C9H9N3O2/c13-8-6-10-9(14)12(11-8)7-4-2-1-3-5-7/h1-5H,6H2,(H,10,14)(H,11,13). The first-order valence-electron chi connectivity index (χ1n) is 4.20. The molecule has 0 atom stereocenters. The Labute approximate surface area is 80.7 Å². The van der Waals surface area contributed by atoms with Crippen LogP contribution in [0.5, 0.6) is 0 Å².